The number of benzene rings is 1. The van der Waals surface area contributed by atoms with Crippen LogP contribution in [-0.4, -0.2) is 32.9 Å². The zero-order valence-electron chi connectivity index (χ0n) is 10.7. The Balaban J connectivity index is 2.17. The van der Waals surface area contributed by atoms with Gasteiger partial charge in [0, 0.05) is 12.6 Å². The van der Waals surface area contributed by atoms with Crippen molar-refractivity contribution in [2.75, 3.05) is 27.4 Å². The van der Waals surface area contributed by atoms with Crippen molar-refractivity contribution in [1.29, 1.82) is 0 Å². The Hall–Kier alpha value is -1.06. The van der Waals surface area contributed by atoms with Gasteiger partial charge in [-0.2, -0.15) is 0 Å². The number of para-hydroxylation sites is 1. The summed E-state index contributed by atoms with van der Waals surface area (Å²) in [6.45, 7) is 1.84. The summed E-state index contributed by atoms with van der Waals surface area (Å²) in [5, 5.41) is 3.59. The van der Waals surface area contributed by atoms with Gasteiger partial charge in [0.25, 0.3) is 0 Å². The highest BCUT2D eigenvalue weighted by Gasteiger charge is 2.34. The number of hydrogen-bond acceptors (Lipinski definition) is 3. The molecule has 1 unspecified atom stereocenters. The molecule has 0 radical (unpaired) electrons. The largest absolute Gasteiger partial charge is 0.496 e. The molecule has 1 saturated heterocycles. The second-order valence-electron chi connectivity index (χ2n) is 4.73. The van der Waals surface area contributed by atoms with E-state index in [0.29, 0.717) is 0 Å². The van der Waals surface area contributed by atoms with E-state index in [2.05, 4.69) is 17.4 Å². The van der Waals surface area contributed by atoms with E-state index in [0.717, 1.165) is 25.3 Å². The molecule has 1 heterocycles. The molecule has 1 atom stereocenters. The minimum absolute atomic E-state index is 0.0867. The van der Waals surface area contributed by atoms with E-state index >= 15 is 0 Å². The average Bonchev–Trinajstić information content (AvgIpc) is 2.79. The van der Waals surface area contributed by atoms with Gasteiger partial charge in [-0.1, -0.05) is 18.2 Å². The summed E-state index contributed by atoms with van der Waals surface area (Å²) in [4.78, 5) is 0. The van der Waals surface area contributed by atoms with Gasteiger partial charge in [-0.3, -0.25) is 0 Å². The molecule has 1 aliphatic heterocycles. The summed E-state index contributed by atoms with van der Waals surface area (Å²) >= 11 is 0. The molecule has 1 fully saturated rings. The van der Waals surface area contributed by atoms with Gasteiger partial charge in [0.05, 0.1) is 13.7 Å². The smallest absolute Gasteiger partial charge is 0.122 e. The van der Waals surface area contributed by atoms with Crippen LogP contribution in [0.2, 0.25) is 0 Å². The first-order valence-electron chi connectivity index (χ1n) is 6.15. The molecule has 0 spiro atoms. The first-order chi connectivity index (χ1) is 8.29. The zero-order valence-corrected chi connectivity index (χ0v) is 10.7. The minimum Gasteiger partial charge on any atom is -0.496 e. The summed E-state index contributed by atoms with van der Waals surface area (Å²) in [5.41, 5.74) is 1.34. The molecule has 1 N–H and O–H groups in total. The molecule has 0 saturated carbocycles. The SMILES string of the molecule is COCC1(Cc2ccccc2OC)CCCN1. The van der Waals surface area contributed by atoms with Crippen LogP contribution in [0, 0.1) is 0 Å². The van der Waals surface area contributed by atoms with Gasteiger partial charge in [-0.25, -0.2) is 0 Å². The van der Waals surface area contributed by atoms with Crippen LogP contribution in [0.1, 0.15) is 18.4 Å². The van der Waals surface area contributed by atoms with E-state index in [9.17, 15) is 0 Å². The summed E-state index contributed by atoms with van der Waals surface area (Å²) in [5.74, 6) is 0.969. The lowest BCUT2D eigenvalue weighted by Crippen LogP contribution is -2.46. The van der Waals surface area contributed by atoms with Crippen LogP contribution < -0.4 is 10.1 Å². The third-order valence-corrected chi connectivity index (χ3v) is 3.47. The van der Waals surface area contributed by atoms with Crippen LogP contribution >= 0.6 is 0 Å². The van der Waals surface area contributed by atoms with Crippen LogP contribution in [-0.2, 0) is 11.2 Å². The fourth-order valence-corrected chi connectivity index (χ4v) is 2.68. The van der Waals surface area contributed by atoms with E-state index in [1.165, 1.54) is 18.4 Å². The molecular formula is C14H21NO2. The molecule has 17 heavy (non-hydrogen) atoms. The predicted octanol–water partition coefficient (Wildman–Crippen LogP) is 2.01. The van der Waals surface area contributed by atoms with Gasteiger partial charge >= 0.3 is 0 Å². The number of hydrogen-bond donors (Lipinski definition) is 1. The molecule has 0 aliphatic carbocycles. The number of rotatable bonds is 5. The molecule has 3 heteroatoms. The van der Waals surface area contributed by atoms with Gasteiger partial charge in [-0.05, 0) is 37.4 Å². The average molecular weight is 235 g/mol. The topological polar surface area (TPSA) is 30.5 Å². The molecular weight excluding hydrogens is 214 g/mol. The van der Waals surface area contributed by atoms with Crippen LogP contribution in [0.15, 0.2) is 24.3 Å². The maximum absolute atomic E-state index is 5.41. The Morgan fingerprint density at radius 1 is 1.29 bits per heavy atom. The summed E-state index contributed by atoms with van der Waals surface area (Å²) in [7, 11) is 3.49. The van der Waals surface area contributed by atoms with Crippen molar-refractivity contribution in [1.82, 2.24) is 5.32 Å². The lowest BCUT2D eigenvalue weighted by atomic mass is 9.89. The fourth-order valence-electron chi connectivity index (χ4n) is 2.68. The van der Waals surface area contributed by atoms with Crippen molar-refractivity contribution < 1.29 is 9.47 Å². The molecule has 1 aromatic rings. The molecule has 2 rings (SSSR count). The van der Waals surface area contributed by atoms with Gasteiger partial charge in [0.1, 0.15) is 5.75 Å². The molecule has 0 bridgehead atoms. The summed E-state index contributed by atoms with van der Waals surface area (Å²) in [6, 6.07) is 8.22. The van der Waals surface area contributed by atoms with Crippen LogP contribution in [0.3, 0.4) is 0 Å². The Morgan fingerprint density at radius 2 is 2.12 bits per heavy atom. The van der Waals surface area contributed by atoms with Crippen molar-refractivity contribution >= 4 is 0 Å². The van der Waals surface area contributed by atoms with Crippen molar-refractivity contribution in [2.24, 2.45) is 0 Å². The van der Waals surface area contributed by atoms with E-state index < -0.39 is 0 Å². The standard InChI is InChI=1S/C14H21NO2/c1-16-11-14(8-5-9-15-14)10-12-6-3-4-7-13(12)17-2/h3-4,6-7,15H,5,8-11H2,1-2H3. The highest BCUT2D eigenvalue weighted by Crippen LogP contribution is 2.28. The molecule has 94 valence electrons. The Labute approximate surface area is 103 Å². The second kappa shape index (κ2) is 5.52. The van der Waals surface area contributed by atoms with E-state index in [1.807, 2.05) is 12.1 Å². The van der Waals surface area contributed by atoms with Crippen molar-refractivity contribution in [3.05, 3.63) is 29.8 Å². The molecule has 3 nitrogen and oxygen atoms in total. The van der Waals surface area contributed by atoms with E-state index in [-0.39, 0.29) is 5.54 Å². The molecule has 1 aromatic carbocycles. The zero-order chi connectivity index (χ0) is 12.1. The molecule has 0 aromatic heterocycles. The summed E-state index contributed by atoms with van der Waals surface area (Å²) < 4.78 is 10.8. The van der Waals surface area contributed by atoms with Crippen LogP contribution in [0.25, 0.3) is 0 Å². The third-order valence-electron chi connectivity index (χ3n) is 3.47. The third kappa shape index (κ3) is 2.79. The fraction of sp³-hybridized carbons (Fsp3) is 0.571. The minimum atomic E-state index is 0.0867. The van der Waals surface area contributed by atoms with Crippen molar-refractivity contribution in [2.45, 2.75) is 24.8 Å². The van der Waals surface area contributed by atoms with Gasteiger partial charge in [-0.15, -0.1) is 0 Å². The Morgan fingerprint density at radius 3 is 2.76 bits per heavy atom. The molecule has 0 amide bonds. The highest BCUT2D eigenvalue weighted by atomic mass is 16.5. The number of ether oxygens (including phenoxy) is 2. The first-order valence-corrected chi connectivity index (χ1v) is 6.15. The summed E-state index contributed by atoms with van der Waals surface area (Å²) in [6.07, 6.45) is 3.35. The van der Waals surface area contributed by atoms with Gasteiger partial charge in [0.2, 0.25) is 0 Å². The second-order valence-corrected chi connectivity index (χ2v) is 4.73. The normalized spacial score (nSPS) is 23.9. The quantitative estimate of drug-likeness (QED) is 0.847. The highest BCUT2D eigenvalue weighted by molar-refractivity contribution is 5.35. The maximum Gasteiger partial charge on any atom is 0.122 e. The lowest BCUT2D eigenvalue weighted by Gasteiger charge is -2.29. The van der Waals surface area contributed by atoms with E-state index in [1.54, 1.807) is 14.2 Å². The van der Waals surface area contributed by atoms with Gasteiger partial charge in [0.15, 0.2) is 0 Å². The van der Waals surface area contributed by atoms with E-state index in [4.69, 9.17) is 9.47 Å². The predicted molar refractivity (Wildman–Crippen MR) is 68.5 cm³/mol. The molecule has 1 aliphatic rings. The Bertz CT molecular complexity index is 359. The van der Waals surface area contributed by atoms with Crippen LogP contribution in [0.4, 0.5) is 0 Å². The van der Waals surface area contributed by atoms with Crippen molar-refractivity contribution in [3.63, 3.8) is 0 Å². The van der Waals surface area contributed by atoms with Crippen molar-refractivity contribution in [3.8, 4) is 5.75 Å². The monoisotopic (exact) mass is 235 g/mol. The lowest BCUT2D eigenvalue weighted by molar-refractivity contribution is 0.119. The number of methoxy groups -OCH3 is 2. The first kappa shape index (κ1) is 12.4. The Kier molecular flexibility index (Phi) is 4.02. The van der Waals surface area contributed by atoms with Crippen LogP contribution in [0.5, 0.6) is 5.75 Å². The maximum atomic E-state index is 5.41. The number of nitrogens with one attached hydrogen (secondary N) is 1. The van der Waals surface area contributed by atoms with Gasteiger partial charge < -0.3 is 14.8 Å².